The lowest BCUT2D eigenvalue weighted by Gasteiger charge is -2.17. The molecule has 0 bridgehead atoms. The fourth-order valence-electron chi connectivity index (χ4n) is 2.99. The highest BCUT2D eigenvalue weighted by Gasteiger charge is 2.16. The van der Waals surface area contributed by atoms with E-state index in [1.165, 1.54) is 32.0 Å². The maximum absolute atomic E-state index is 6.60. The lowest BCUT2D eigenvalue weighted by atomic mass is 9.92. The molecule has 0 unspecified atom stereocenters. The fraction of sp³-hybridized carbons (Fsp3) is 0.0526. The van der Waals surface area contributed by atoms with Crippen LogP contribution in [0.4, 0.5) is 0 Å². The Morgan fingerprint density at radius 2 is 1.36 bits per heavy atom. The third-order valence-corrected chi connectivity index (χ3v) is 4.93. The van der Waals surface area contributed by atoms with Crippen molar-refractivity contribution in [2.24, 2.45) is 5.73 Å². The second-order valence-electron chi connectivity index (χ2n) is 5.23. The molecular formula is C19H16ClNS. The van der Waals surface area contributed by atoms with Gasteiger partial charge in [-0.2, -0.15) is 0 Å². The normalized spacial score (nSPS) is 12.2. The van der Waals surface area contributed by atoms with E-state index in [2.05, 4.69) is 72.1 Å². The molecule has 4 rings (SSSR count). The summed E-state index contributed by atoms with van der Waals surface area (Å²) in [4.78, 5) is 1.21. The Morgan fingerprint density at radius 1 is 0.773 bits per heavy atom. The SMILES string of the molecule is Cl.N[C@@H](c1cccs1)c1c2ccccc2cc2ccccc12. The van der Waals surface area contributed by atoms with Crippen molar-refractivity contribution < 1.29 is 0 Å². The molecule has 0 aliphatic carbocycles. The molecule has 0 saturated heterocycles. The van der Waals surface area contributed by atoms with Crippen molar-refractivity contribution in [3.63, 3.8) is 0 Å². The summed E-state index contributed by atoms with van der Waals surface area (Å²) in [5.41, 5.74) is 7.83. The predicted molar refractivity (Wildman–Crippen MR) is 99.1 cm³/mol. The molecule has 1 aromatic heterocycles. The number of hydrogen-bond donors (Lipinski definition) is 1. The van der Waals surface area contributed by atoms with Crippen LogP contribution < -0.4 is 5.73 Å². The first-order valence-electron chi connectivity index (χ1n) is 7.04. The van der Waals surface area contributed by atoms with Crippen molar-refractivity contribution in [3.05, 3.63) is 82.6 Å². The Kier molecular flexibility index (Phi) is 4.16. The van der Waals surface area contributed by atoms with Gasteiger partial charge in [-0.25, -0.2) is 0 Å². The van der Waals surface area contributed by atoms with E-state index in [-0.39, 0.29) is 18.4 Å². The van der Waals surface area contributed by atoms with E-state index >= 15 is 0 Å². The first kappa shape index (κ1) is 15.0. The summed E-state index contributed by atoms with van der Waals surface area (Å²) in [5.74, 6) is 0. The molecule has 2 N–H and O–H groups in total. The molecular weight excluding hydrogens is 310 g/mol. The van der Waals surface area contributed by atoms with Crippen LogP contribution in [0.3, 0.4) is 0 Å². The van der Waals surface area contributed by atoms with Crippen molar-refractivity contribution in [2.45, 2.75) is 6.04 Å². The molecule has 22 heavy (non-hydrogen) atoms. The molecule has 0 spiro atoms. The summed E-state index contributed by atoms with van der Waals surface area (Å²) < 4.78 is 0. The molecule has 0 fully saturated rings. The maximum atomic E-state index is 6.60. The topological polar surface area (TPSA) is 26.0 Å². The minimum Gasteiger partial charge on any atom is -0.320 e. The van der Waals surface area contributed by atoms with Crippen molar-refractivity contribution in [2.75, 3.05) is 0 Å². The van der Waals surface area contributed by atoms with Gasteiger partial charge in [0.05, 0.1) is 6.04 Å². The fourth-order valence-corrected chi connectivity index (χ4v) is 3.73. The average molecular weight is 326 g/mol. The molecule has 0 amide bonds. The van der Waals surface area contributed by atoms with Crippen LogP contribution >= 0.6 is 23.7 Å². The number of fused-ring (bicyclic) bond motifs is 2. The van der Waals surface area contributed by atoms with Gasteiger partial charge in [0.1, 0.15) is 0 Å². The third-order valence-electron chi connectivity index (χ3n) is 3.97. The van der Waals surface area contributed by atoms with Gasteiger partial charge in [0.15, 0.2) is 0 Å². The Hall–Kier alpha value is -1.87. The van der Waals surface area contributed by atoms with Crippen molar-refractivity contribution in [1.82, 2.24) is 0 Å². The first-order valence-corrected chi connectivity index (χ1v) is 7.92. The van der Waals surface area contributed by atoms with Gasteiger partial charge < -0.3 is 5.73 Å². The molecule has 3 heteroatoms. The average Bonchev–Trinajstić information content (AvgIpc) is 3.06. The Labute approximate surface area is 139 Å². The number of nitrogens with two attached hydrogens (primary N) is 1. The van der Waals surface area contributed by atoms with Crippen LogP contribution in [0, 0.1) is 0 Å². The zero-order chi connectivity index (χ0) is 14.2. The highest BCUT2D eigenvalue weighted by atomic mass is 35.5. The van der Waals surface area contributed by atoms with E-state index in [1.807, 2.05) is 0 Å². The van der Waals surface area contributed by atoms with Crippen molar-refractivity contribution in [1.29, 1.82) is 0 Å². The van der Waals surface area contributed by atoms with E-state index in [1.54, 1.807) is 11.3 Å². The molecule has 1 heterocycles. The van der Waals surface area contributed by atoms with Gasteiger partial charge in [0, 0.05) is 4.88 Å². The summed E-state index contributed by atoms with van der Waals surface area (Å²) in [5, 5.41) is 7.08. The summed E-state index contributed by atoms with van der Waals surface area (Å²) in [6.45, 7) is 0. The first-order chi connectivity index (χ1) is 10.3. The Balaban J connectivity index is 0.00000144. The maximum Gasteiger partial charge on any atom is 0.0658 e. The van der Waals surface area contributed by atoms with E-state index in [0.29, 0.717) is 0 Å². The zero-order valence-electron chi connectivity index (χ0n) is 11.9. The summed E-state index contributed by atoms with van der Waals surface area (Å²) >= 11 is 1.72. The quantitative estimate of drug-likeness (QED) is 0.482. The van der Waals surface area contributed by atoms with Gasteiger partial charge in [-0.15, -0.1) is 23.7 Å². The van der Waals surface area contributed by atoms with Crippen LogP contribution in [0.1, 0.15) is 16.5 Å². The standard InChI is InChI=1S/C19H15NS.ClH/c20-19(17-10-5-11-21-17)18-15-8-3-1-6-13(15)12-14-7-2-4-9-16(14)18;/h1-12,19H,20H2;1H/t19-;/m0./s1. The second kappa shape index (κ2) is 6.09. The van der Waals surface area contributed by atoms with E-state index in [4.69, 9.17) is 5.73 Å². The number of hydrogen-bond acceptors (Lipinski definition) is 2. The number of rotatable bonds is 2. The molecule has 0 saturated carbocycles. The minimum atomic E-state index is -0.0824. The van der Waals surface area contributed by atoms with Gasteiger partial charge in [0.25, 0.3) is 0 Å². The highest BCUT2D eigenvalue weighted by Crippen LogP contribution is 2.35. The largest absolute Gasteiger partial charge is 0.320 e. The van der Waals surface area contributed by atoms with Crippen LogP contribution in [0.5, 0.6) is 0 Å². The van der Waals surface area contributed by atoms with Crippen molar-refractivity contribution >= 4 is 45.3 Å². The van der Waals surface area contributed by atoms with Gasteiger partial charge >= 0.3 is 0 Å². The van der Waals surface area contributed by atoms with Gasteiger partial charge in [-0.3, -0.25) is 0 Å². The molecule has 110 valence electrons. The van der Waals surface area contributed by atoms with Gasteiger partial charge in [-0.1, -0.05) is 54.6 Å². The third kappa shape index (κ3) is 2.40. The van der Waals surface area contributed by atoms with Crippen LogP contribution in [-0.2, 0) is 0 Å². The van der Waals surface area contributed by atoms with Crippen molar-refractivity contribution in [3.8, 4) is 0 Å². The second-order valence-corrected chi connectivity index (χ2v) is 6.20. The molecule has 0 aliphatic heterocycles. The van der Waals surface area contributed by atoms with Gasteiger partial charge in [0.2, 0.25) is 0 Å². The highest BCUT2D eigenvalue weighted by molar-refractivity contribution is 7.10. The molecule has 0 radical (unpaired) electrons. The van der Waals surface area contributed by atoms with E-state index in [9.17, 15) is 0 Å². The molecule has 0 aliphatic rings. The minimum absolute atomic E-state index is 0. The number of thiophene rings is 1. The number of benzene rings is 3. The predicted octanol–water partition coefficient (Wildman–Crippen LogP) is 5.52. The van der Waals surface area contributed by atoms with Crippen LogP contribution in [0.25, 0.3) is 21.5 Å². The smallest absolute Gasteiger partial charge is 0.0658 e. The lowest BCUT2D eigenvalue weighted by molar-refractivity contribution is 0.913. The van der Waals surface area contributed by atoms with Crippen LogP contribution in [0.15, 0.2) is 72.1 Å². The molecule has 1 atom stereocenters. The summed E-state index contributed by atoms with van der Waals surface area (Å²) in [6, 6.07) is 23.3. The number of halogens is 1. The molecule has 3 aromatic carbocycles. The zero-order valence-corrected chi connectivity index (χ0v) is 13.5. The van der Waals surface area contributed by atoms with Crippen LogP contribution in [0.2, 0.25) is 0 Å². The lowest BCUT2D eigenvalue weighted by Crippen LogP contribution is -2.11. The Morgan fingerprint density at radius 3 is 1.91 bits per heavy atom. The monoisotopic (exact) mass is 325 g/mol. The van der Waals surface area contributed by atoms with Gasteiger partial charge in [-0.05, 0) is 44.6 Å². The summed E-state index contributed by atoms with van der Waals surface area (Å²) in [6.07, 6.45) is 0. The van der Waals surface area contributed by atoms with Crippen LogP contribution in [-0.4, -0.2) is 0 Å². The molecule has 4 aromatic rings. The summed E-state index contributed by atoms with van der Waals surface area (Å²) in [7, 11) is 0. The molecule has 1 nitrogen and oxygen atoms in total. The Bertz CT molecular complexity index is 861. The van der Waals surface area contributed by atoms with E-state index in [0.717, 1.165) is 0 Å². The van der Waals surface area contributed by atoms with E-state index < -0.39 is 0 Å².